The molecule has 0 amide bonds. The molecule has 0 bridgehead atoms. The smallest absolute Gasteiger partial charge is 0.144 e. The molecule has 2 aromatic carbocycles. The topological polar surface area (TPSA) is 0 Å². The first kappa shape index (κ1) is 19.8. The van der Waals surface area contributed by atoms with E-state index in [4.69, 9.17) is 0 Å². The molecule has 0 unspecified atom stereocenters. The zero-order chi connectivity index (χ0) is 18.6. The van der Waals surface area contributed by atoms with Crippen molar-refractivity contribution in [2.24, 2.45) is 0 Å². The van der Waals surface area contributed by atoms with E-state index in [9.17, 15) is 25.2 Å². The van der Waals surface area contributed by atoms with E-state index < -0.39 is 7.81 Å². The van der Waals surface area contributed by atoms with E-state index >= 15 is 0 Å². The summed E-state index contributed by atoms with van der Waals surface area (Å²) < 4.78 is 59.2. The van der Waals surface area contributed by atoms with Crippen molar-refractivity contribution in [3.05, 3.63) is 72.1 Å². The summed E-state index contributed by atoms with van der Waals surface area (Å²) in [6.07, 6.45) is 0. The molecule has 3 aromatic rings. The number of thiophene rings is 1. The maximum absolute atomic E-state index is 10.7. The molecule has 136 valence electrons. The van der Waals surface area contributed by atoms with Gasteiger partial charge in [-0.15, -0.1) is 11.3 Å². The quantitative estimate of drug-likeness (QED) is 0.176. The van der Waals surface area contributed by atoms with E-state index in [0.717, 1.165) is 0 Å². The molecule has 0 aliphatic rings. The molecule has 3 rings (SSSR count). The van der Waals surface area contributed by atoms with Gasteiger partial charge < -0.3 is 0 Å². The Balaban J connectivity index is 0.000000277. The molecule has 0 saturated heterocycles. The minimum Gasteiger partial charge on any atom is -0.144 e. The average Bonchev–Trinajstić information content (AvgIpc) is 3.00. The molecule has 0 N–H and O–H groups in total. The molecule has 0 fully saturated rings. The van der Waals surface area contributed by atoms with Crippen LogP contribution in [-0.4, -0.2) is 0 Å². The van der Waals surface area contributed by atoms with Gasteiger partial charge in [0.15, 0.2) is 9.79 Å². The van der Waals surface area contributed by atoms with E-state index in [1.807, 2.05) is 0 Å². The van der Waals surface area contributed by atoms with Crippen molar-refractivity contribution in [1.82, 2.24) is 0 Å². The van der Waals surface area contributed by atoms with E-state index in [2.05, 4.69) is 72.1 Å². The van der Waals surface area contributed by atoms with E-state index in [1.54, 1.807) is 11.3 Å². The van der Waals surface area contributed by atoms with Crippen LogP contribution in [0.2, 0.25) is 0 Å². The minimum absolute atomic E-state index is 1.27. The van der Waals surface area contributed by atoms with Gasteiger partial charge in [0.05, 0.1) is 0 Å². The molecule has 0 radical (unpaired) electrons. The van der Waals surface area contributed by atoms with Gasteiger partial charge in [-0.1, -0.05) is 24.3 Å². The van der Waals surface area contributed by atoms with Crippen LogP contribution in [0.3, 0.4) is 0 Å². The fraction of sp³-hybridized carbons (Fsp3) is 0. The van der Waals surface area contributed by atoms with E-state index in [-0.39, 0.29) is 0 Å². The number of benzene rings is 2. The fourth-order valence-electron chi connectivity index (χ4n) is 1.79. The first-order chi connectivity index (χ1) is 11.4. The molecule has 0 saturated carbocycles. The van der Waals surface area contributed by atoms with Crippen LogP contribution in [0.25, 0.3) is 10.4 Å². The van der Waals surface area contributed by atoms with Gasteiger partial charge in [0.25, 0.3) is 0 Å². The van der Waals surface area contributed by atoms with Crippen LogP contribution in [0.1, 0.15) is 0 Å². The Bertz CT molecular complexity index is 786. The van der Waals surface area contributed by atoms with Crippen LogP contribution >= 0.6 is 19.1 Å². The largest absolute Gasteiger partial charge is 0.158 e. The van der Waals surface area contributed by atoms with Gasteiger partial charge in [-0.25, -0.2) is 0 Å². The third kappa shape index (κ3) is 9.53. The average molecular weight is 414 g/mol. The van der Waals surface area contributed by atoms with Crippen molar-refractivity contribution >= 4 is 30.9 Å². The fourth-order valence-corrected chi connectivity index (χ4v) is 3.45. The summed E-state index contributed by atoms with van der Waals surface area (Å²) in [7, 11) is -10.7. The Morgan fingerprint density at radius 1 is 0.640 bits per heavy atom. The number of rotatable bonds is 3. The number of hydrogen-bond donors (Lipinski definition) is 0. The van der Waals surface area contributed by atoms with Gasteiger partial charge in [-0.3, -0.25) is 0 Å². The van der Waals surface area contributed by atoms with Crippen molar-refractivity contribution in [3.63, 3.8) is 0 Å². The molecule has 9 heteroatoms. The molecular weight excluding hydrogens is 401 g/mol. The summed E-state index contributed by atoms with van der Waals surface area (Å²) in [5.41, 5.74) is 1.30. The Morgan fingerprint density at radius 2 is 1.16 bits per heavy atom. The Kier molecular flexibility index (Phi) is 5.28. The minimum atomic E-state index is -10.7. The van der Waals surface area contributed by atoms with Crippen molar-refractivity contribution in [3.8, 4) is 10.4 Å². The molecule has 1 aromatic heterocycles. The first-order valence-corrected chi connectivity index (χ1v) is 10.6. The second kappa shape index (κ2) is 6.67. The maximum Gasteiger partial charge on any atom is 0.158 e. The van der Waals surface area contributed by atoms with Crippen LogP contribution in [0, 0.1) is 0 Å². The van der Waals surface area contributed by atoms with Gasteiger partial charge in [0.1, 0.15) is 0 Å². The summed E-state index contributed by atoms with van der Waals surface area (Å²) >= 11 is 3.05. The van der Waals surface area contributed by atoms with Crippen molar-refractivity contribution in [2.45, 2.75) is 9.79 Å². The number of thiol groups is 1. The molecule has 0 nitrogen and oxygen atoms in total. The SMILES string of the molecule is F[P-](F)(F)(F)(F)F.c1ccc([SH+]c2ccc(-c3cccs3)cc2)cc1. The molecule has 1 heterocycles. The predicted octanol–water partition coefficient (Wildman–Crippen LogP) is 8.03. The second-order valence-electron chi connectivity index (χ2n) is 4.93. The van der Waals surface area contributed by atoms with Crippen LogP contribution in [0.15, 0.2) is 81.9 Å². The standard InChI is InChI=1S/C16H12S2.F6P/c1-2-5-14(6-3-1)18-15-10-8-13(9-11-15)16-7-4-12-17-16;1-7(2,3,4,5)6/h1-12H;/q;-1/p+1. The summed E-state index contributed by atoms with van der Waals surface area (Å²) in [4.78, 5) is 4.00. The van der Waals surface area contributed by atoms with Gasteiger partial charge in [0, 0.05) is 16.6 Å². The third-order valence-electron chi connectivity index (χ3n) is 2.69. The zero-order valence-corrected chi connectivity index (χ0v) is 15.1. The molecule has 0 aliphatic carbocycles. The number of halogens is 6. The summed E-state index contributed by atoms with van der Waals surface area (Å²) in [5, 5.41) is 2.12. The van der Waals surface area contributed by atoms with Crippen molar-refractivity contribution < 1.29 is 25.2 Å². The predicted molar refractivity (Wildman–Crippen MR) is 95.1 cm³/mol. The van der Waals surface area contributed by atoms with Crippen LogP contribution in [-0.2, 0) is 11.8 Å². The molecule has 0 atom stereocenters. The van der Waals surface area contributed by atoms with E-state index in [1.165, 1.54) is 32.0 Å². The normalized spacial score (nSPS) is 14.0. The second-order valence-corrected chi connectivity index (χ2v) is 9.05. The van der Waals surface area contributed by atoms with Crippen molar-refractivity contribution in [1.29, 1.82) is 0 Å². The third-order valence-corrected chi connectivity index (χ3v) is 4.72. The summed E-state index contributed by atoms with van der Waals surface area (Å²) in [6, 6.07) is 23.6. The van der Waals surface area contributed by atoms with Crippen LogP contribution < -0.4 is 0 Å². The molecule has 0 aliphatic heterocycles. The van der Waals surface area contributed by atoms with Gasteiger partial charge in [-0.2, -0.15) is 0 Å². The van der Waals surface area contributed by atoms with Crippen molar-refractivity contribution in [2.75, 3.05) is 0 Å². The molecule has 25 heavy (non-hydrogen) atoms. The number of hydrogen-bond acceptors (Lipinski definition) is 1. The summed E-state index contributed by atoms with van der Waals surface area (Å²) in [6.45, 7) is 0. The van der Waals surface area contributed by atoms with Gasteiger partial charge in [0.2, 0.25) is 0 Å². The summed E-state index contributed by atoms with van der Waals surface area (Å²) in [5.74, 6) is 0. The first-order valence-electron chi connectivity index (χ1n) is 6.84. The monoisotopic (exact) mass is 414 g/mol. The van der Waals surface area contributed by atoms with Gasteiger partial charge >= 0.3 is 33.0 Å². The Labute approximate surface area is 148 Å². The Hall–Kier alpha value is -1.50. The van der Waals surface area contributed by atoms with Crippen LogP contribution in [0.5, 0.6) is 0 Å². The zero-order valence-electron chi connectivity index (χ0n) is 12.5. The molecule has 0 spiro atoms. The van der Waals surface area contributed by atoms with Crippen LogP contribution in [0.4, 0.5) is 25.2 Å². The molecular formula is C16H13F6PS2. The maximum atomic E-state index is 9.87. The van der Waals surface area contributed by atoms with E-state index in [0.29, 0.717) is 0 Å². The van der Waals surface area contributed by atoms with Gasteiger partial charge in [-0.05, 0) is 53.4 Å². The Morgan fingerprint density at radius 3 is 1.64 bits per heavy atom.